The summed E-state index contributed by atoms with van der Waals surface area (Å²) in [5.41, 5.74) is 4.36. The molecule has 0 amide bonds. The number of rotatable bonds is 4. The van der Waals surface area contributed by atoms with Crippen LogP contribution >= 0.6 is 15.9 Å². The molecule has 0 unspecified atom stereocenters. The van der Waals surface area contributed by atoms with Gasteiger partial charge < -0.3 is 9.47 Å². The van der Waals surface area contributed by atoms with Gasteiger partial charge in [0, 0.05) is 28.7 Å². The molecule has 0 aliphatic carbocycles. The first-order chi connectivity index (χ1) is 15.5. The van der Waals surface area contributed by atoms with Crippen LogP contribution in [0.1, 0.15) is 32.6 Å². The van der Waals surface area contributed by atoms with E-state index in [0.717, 1.165) is 45.4 Å². The molecule has 0 spiro atoms. The van der Waals surface area contributed by atoms with Gasteiger partial charge in [0.25, 0.3) is 0 Å². The van der Waals surface area contributed by atoms with Crippen LogP contribution in [-0.2, 0) is 13.0 Å². The van der Waals surface area contributed by atoms with Gasteiger partial charge in [0.15, 0.2) is 5.76 Å². The molecule has 0 aromatic heterocycles. The second-order valence-electron chi connectivity index (χ2n) is 8.03. The van der Waals surface area contributed by atoms with Crippen molar-refractivity contribution >= 4 is 27.8 Å². The lowest BCUT2D eigenvalue weighted by molar-refractivity contribution is 0.0954. The molecule has 2 aliphatic rings. The van der Waals surface area contributed by atoms with Gasteiger partial charge in [-0.2, -0.15) is 0 Å². The third kappa shape index (κ3) is 3.96. The SMILES string of the molecule is Cc1c2c(cc3c1O/C(=C\c1ccccc1Br)C3=O)CN(CCc1ccc(F)cc1)CO2. The lowest BCUT2D eigenvalue weighted by atomic mass is 10.00. The molecular formula is C26H21BrFNO3. The first-order valence-corrected chi connectivity index (χ1v) is 11.2. The summed E-state index contributed by atoms with van der Waals surface area (Å²) in [5, 5.41) is 0. The predicted molar refractivity (Wildman–Crippen MR) is 124 cm³/mol. The third-order valence-corrected chi connectivity index (χ3v) is 6.55. The molecule has 0 atom stereocenters. The van der Waals surface area contributed by atoms with Crippen molar-refractivity contribution < 1.29 is 18.7 Å². The highest BCUT2D eigenvalue weighted by Crippen LogP contribution is 2.43. The third-order valence-electron chi connectivity index (χ3n) is 5.82. The minimum Gasteiger partial charge on any atom is -0.477 e. The van der Waals surface area contributed by atoms with Gasteiger partial charge in [-0.15, -0.1) is 0 Å². The number of Topliss-reactive ketones (excluding diaryl/α,β-unsaturated/α-hetero) is 1. The molecule has 0 saturated carbocycles. The molecule has 3 aromatic carbocycles. The van der Waals surface area contributed by atoms with Crippen LogP contribution in [-0.4, -0.2) is 24.0 Å². The molecule has 3 aromatic rings. The molecule has 0 bridgehead atoms. The van der Waals surface area contributed by atoms with E-state index in [0.29, 0.717) is 30.3 Å². The van der Waals surface area contributed by atoms with Crippen LogP contribution in [0.5, 0.6) is 11.5 Å². The van der Waals surface area contributed by atoms with Crippen LogP contribution in [0.3, 0.4) is 0 Å². The van der Waals surface area contributed by atoms with Gasteiger partial charge in [0.1, 0.15) is 24.0 Å². The first kappa shape index (κ1) is 20.9. The summed E-state index contributed by atoms with van der Waals surface area (Å²) in [5.74, 6) is 1.33. The molecule has 4 nitrogen and oxygen atoms in total. The zero-order chi connectivity index (χ0) is 22.2. The molecule has 5 rings (SSSR count). The Hall–Kier alpha value is -2.96. The van der Waals surface area contributed by atoms with E-state index in [2.05, 4.69) is 20.8 Å². The predicted octanol–water partition coefficient (Wildman–Crippen LogP) is 5.91. The molecule has 0 N–H and O–H groups in total. The summed E-state index contributed by atoms with van der Waals surface area (Å²) >= 11 is 3.51. The Morgan fingerprint density at radius 3 is 2.69 bits per heavy atom. The fraction of sp³-hybridized carbons (Fsp3) is 0.192. The Bertz CT molecular complexity index is 1240. The van der Waals surface area contributed by atoms with Crippen LogP contribution in [0, 0.1) is 12.7 Å². The maximum absolute atomic E-state index is 13.1. The van der Waals surface area contributed by atoms with E-state index in [1.165, 1.54) is 12.1 Å². The van der Waals surface area contributed by atoms with Crippen molar-refractivity contribution in [2.45, 2.75) is 19.9 Å². The van der Waals surface area contributed by atoms with Gasteiger partial charge >= 0.3 is 0 Å². The normalized spacial score (nSPS) is 16.5. The fourth-order valence-corrected chi connectivity index (χ4v) is 4.51. The summed E-state index contributed by atoms with van der Waals surface area (Å²) in [6, 6.07) is 16.2. The number of fused-ring (bicyclic) bond motifs is 2. The molecule has 6 heteroatoms. The van der Waals surface area contributed by atoms with Crippen LogP contribution in [0.4, 0.5) is 4.39 Å². The second kappa shape index (κ2) is 8.52. The van der Waals surface area contributed by atoms with E-state index >= 15 is 0 Å². The molecular weight excluding hydrogens is 473 g/mol. The Morgan fingerprint density at radius 2 is 1.91 bits per heavy atom. The maximum Gasteiger partial charge on any atom is 0.231 e. The van der Waals surface area contributed by atoms with E-state index in [1.807, 2.05) is 37.3 Å². The molecule has 2 aliphatic heterocycles. The van der Waals surface area contributed by atoms with E-state index in [9.17, 15) is 9.18 Å². The summed E-state index contributed by atoms with van der Waals surface area (Å²) < 4.78 is 26.1. The topological polar surface area (TPSA) is 38.8 Å². The Labute approximate surface area is 194 Å². The average Bonchev–Trinajstić information content (AvgIpc) is 3.10. The number of allylic oxidation sites excluding steroid dienone is 1. The van der Waals surface area contributed by atoms with Crippen LogP contribution in [0.15, 0.2) is 64.8 Å². The van der Waals surface area contributed by atoms with Gasteiger partial charge in [0.2, 0.25) is 5.78 Å². The van der Waals surface area contributed by atoms with E-state index in [4.69, 9.17) is 9.47 Å². The lowest BCUT2D eigenvalue weighted by Crippen LogP contribution is -2.34. The Kier molecular flexibility index (Phi) is 5.57. The molecule has 0 saturated heterocycles. The number of ketones is 1. The van der Waals surface area contributed by atoms with E-state index in [1.54, 1.807) is 18.2 Å². The zero-order valence-corrected chi connectivity index (χ0v) is 19.1. The van der Waals surface area contributed by atoms with Crippen LogP contribution in [0.2, 0.25) is 0 Å². The number of carbonyl (C=O) groups is 1. The number of benzene rings is 3. The summed E-state index contributed by atoms with van der Waals surface area (Å²) in [6.45, 7) is 3.85. The first-order valence-electron chi connectivity index (χ1n) is 10.4. The van der Waals surface area contributed by atoms with Crippen molar-refractivity contribution in [3.63, 3.8) is 0 Å². The van der Waals surface area contributed by atoms with Gasteiger partial charge in [-0.1, -0.05) is 46.3 Å². The maximum atomic E-state index is 13.1. The van der Waals surface area contributed by atoms with Crippen LogP contribution in [0.25, 0.3) is 6.08 Å². The second-order valence-corrected chi connectivity index (χ2v) is 8.88. The zero-order valence-electron chi connectivity index (χ0n) is 17.5. The van der Waals surface area contributed by atoms with Crippen molar-refractivity contribution in [2.75, 3.05) is 13.3 Å². The monoisotopic (exact) mass is 493 g/mol. The Balaban J connectivity index is 1.36. The van der Waals surface area contributed by atoms with Gasteiger partial charge in [-0.05, 0) is 54.8 Å². The van der Waals surface area contributed by atoms with Gasteiger partial charge in [-0.25, -0.2) is 4.39 Å². The van der Waals surface area contributed by atoms with E-state index in [-0.39, 0.29) is 11.6 Å². The average molecular weight is 494 g/mol. The smallest absolute Gasteiger partial charge is 0.231 e. The summed E-state index contributed by atoms with van der Waals surface area (Å²) in [4.78, 5) is 15.3. The standard InChI is InChI=1S/C26H21BrFNO3/c1-16-25-19(14-29(15-31-25)11-10-17-6-8-20(28)9-7-17)12-21-24(30)23(32-26(16)21)13-18-4-2-3-5-22(18)27/h2-9,12-13H,10-11,14-15H2,1H3/b23-13-. The molecule has 0 radical (unpaired) electrons. The van der Waals surface area contributed by atoms with E-state index < -0.39 is 0 Å². The van der Waals surface area contributed by atoms with Crippen molar-refractivity contribution in [1.82, 2.24) is 4.90 Å². The summed E-state index contributed by atoms with van der Waals surface area (Å²) in [6.07, 6.45) is 2.56. The minimum absolute atomic E-state index is 0.120. The number of halogens is 2. The lowest BCUT2D eigenvalue weighted by Gasteiger charge is -2.30. The number of hydrogen-bond donors (Lipinski definition) is 0. The van der Waals surface area contributed by atoms with Gasteiger partial charge in [-0.3, -0.25) is 9.69 Å². The number of hydrogen-bond acceptors (Lipinski definition) is 4. The highest BCUT2D eigenvalue weighted by atomic mass is 79.9. The number of ether oxygens (including phenoxy) is 2. The van der Waals surface area contributed by atoms with Crippen molar-refractivity contribution in [1.29, 1.82) is 0 Å². The van der Waals surface area contributed by atoms with Crippen molar-refractivity contribution in [3.05, 3.63) is 98.5 Å². The molecule has 32 heavy (non-hydrogen) atoms. The molecule has 0 fully saturated rings. The molecule has 162 valence electrons. The van der Waals surface area contributed by atoms with Crippen molar-refractivity contribution in [2.24, 2.45) is 0 Å². The fourth-order valence-electron chi connectivity index (χ4n) is 4.11. The molecule has 2 heterocycles. The largest absolute Gasteiger partial charge is 0.477 e. The van der Waals surface area contributed by atoms with Gasteiger partial charge in [0.05, 0.1) is 5.56 Å². The minimum atomic E-state index is -0.228. The number of carbonyl (C=O) groups excluding carboxylic acids is 1. The number of nitrogens with zero attached hydrogens (tertiary/aromatic N) is 1. The highest BCUT2D eigenvalue weighted by Gasteiger charge is 2.33. The summed E-state index contributed by atoms with van der Waals surface area (Å²) in [7, 11) is 0. The van der Waals surface area contributed by atoms with Crippen LogP contribution < -0.4 is 9.47 Å². The highest BCUT2D eigenvalue weighted by molar-refractivity contribution is 9.10. The quantitative estimate of drug-likeness (QED) is 0.423. The van der Waals surface area contributed by atoms with Crippen molar-refractivity contribution in [3.8, 4) is 11.5 Å². The Morgan fingerprint density at radius 1 is 1.12 bits per heavy atom.